The van der Waals surface area contributed by atoms with Crippen molar-refractivity contribution in [3.8, 4) is 11.3 Å². The van der Waals surface area contributed by atoms with E-state index < -0.39 is 0 Å². The number of nitrogens with one attached hydrogen (secondary N) is 1. The van der Waals surface area contributed by atoms with Crippen molar-refractivity contribution in [3.05, 3.63) is 88.7 Å². The molecule has 4 nitrogen and oxygen atoms in total. The van der Waals surface area contributed by atoms with Gasteiger partial charge in [0, 0.05) is 28.6 Å². The number of anilines is 2. The number of aromatic nitrogens is 3. The van der Waals surface area contributed by atoms with Crippen LogP contribution < -0.4 is 5.32 Å². The van der Waals surface area contributed by atoms with Gasteiger partial charge in [0.2, 0.25) is 0 Å². The third-order valence-corrected chi connectivity index (χ3v) is 5.11. The zero-order chi connectivity index (χ0) is 18.6. The minimum atomic E-state index is 0.756. The number of rotatable bonds is 5. The quantitative estimate of drug-likeness (QED) is 0.499. The molecule has 1 N–H and O–H groups in total. The highest BCUT2D eigenvalue weighted by Crippen LogP contribution is 2.29. The lowest BCUT2D eigenvalue weighted by Gasteiger charge is -2.13. The first kappa shape index (κ1) is 17.4. The lowest BCUT2D eigenvalue weighted by Crippen LogP contribution is -2.06. The summed E-state index contributed by atoms with van der Waals surface area (Å²) >= 11 is 1.58. The summed E-state index contributed by atoms with van der Waals surface area (Å²) in [4.78, 5) is 13.9. The Kier molecular flexibility index (Phi) is 4.94. The van der Waals surface area contributed by atoms with Crippen LogP contribution in [0.2, 0.25) is 0 Å². The predicted octanol–water partition coefficient (Wildman–Crippen LogP) is 5.55. The average molecular weight is 372 g/mol. The fraction of sp³-hybridized carbons (Fsp3) is 0.136. The predicted molar refractivity (Wildman–Crippen MR) is 112 cm³/mol. The van der Waals surface area contributed by atoms with Gasteiger partial charge in [-0.15, -0.1) is 11.3 Å². The summed E-state index contributed by atoms with van der Waals surface area (Å²) in [6, 6.07) is 20.6. The van der Waals surface area contributed by atoms with E-state index >= 15 is 0 Å². The molecule has 2 aromatic heterocycles. The van der Waals surface area contributed by atoms with E-state index in [4.69, 9.17) is 4.98 Å². The van der Waals surface area contributed by atoms with Crippen LogP contribution in [0.25, 0.3) is 11.3 Å². The van der Waals surface area contributed by atoms with E-state index in [1.54, 1.807) is 11.3 Å². The number of thiazole rings is 1. The summed E-state index contributed by atoms with van der Waals surface area (Å²) in [5, 5.41) is 6.32. The summed E-state index contributed by atoms with van der Waals surface area (Å²) in [5.41, 5.74) is 5.41. The van der Waals surface area contributed by atoms with Gasteiger partial charge < -0.3 is 5.32 Å². The first-order chi connectivity index (χ1) is 13.2. The number of hydrogen-bond donors (Lipinski definition) is 1. The Labute approximate surface area is 163 Å². The second-order valence-electron chi connectivity index (χ2n) is 6.37. The highest BCUT2D eigenvalue weighted by Gasteiger charge is 2.13. The first-order valence-electron chi connectivity index (χ1n) is 8.85. The minimum Gasteiger partial charge on any atom is -0.316 e. The Hall–Kier alpha value is -3.05. The van der Waals surface area contributed by atoms with Gasteiger partial charge >= 0.3 is 0 Å². The van der Waals surface area contributed by atoms with Crippen molar-refractivity contribution in [1.29, 1.82) is 0 Å². The molecule has 0 saturated heterocycles. The van der Waals surface area contributed by atoms with Gasteiger partial charge in [-0.3, -0.25) is 0 Å². The smallest absolute Gasteiger partial charge is 0.188 e. The third kappa shape index (κ3) is 4.04. The van der Waals surface area contributed by atoms with Crippen LogP contribution in [0, 0.1) is 13.8 Å². The number of benzene rings is 2. The molecule has 0 atom stereocenters. The van der Waals surface area contributed by atoms with Gasteiger partial charge in [0.05, 0.1) is 5.69 Å². The fourth-order valence-electron chi connectivity index (χ4n) is 3.02. The van der Waals surface area contributed by atoms with E-state index in [9.17, 15) is 0 Å². The molecule has 134 valence electrons. The molecule has 5 heteroatoms. The zero-order valence-corrected chi connectivity index (χ0v) is 16.1. The number of nitrogens with zero attached hydrogens (tertiary/aromatic N) is 3. The van der Waals surface area contributed by atoms with E-state index in [0.717, 1.165) is 45.7 Å². The molecular formula is C22H20N4S. The van der Waals surface area contributed by atoms with Crippen LogP contribution in [-0.2, 0) is 6.42 Å². The summed E-state index contributed by atoms with van der Waals surface area (Å²) < 4.78 is 0. The minimum absolute atomic E-state index is 0.756. The molecule has 4 aromatic rings. The van der Waals surface area contributed by atoms with Crippen LogP contribution in [0.4, 0.5) is 10.9 Å². The topological polar surface area (TPSA) is 50.7 Å². The van der Waals surface area contributed by atoms with Crippen LogP contribution in [-0.4, -0.2) is 15.0 Å². The lowest BCUT2D eigenvalue weighted by atomic mass is 10.0. The summed E-state index contributed by atoms with van der Waals surface area (Å²) in [6.45, 7) is 3.96. The molecule has 4 rings (SSSR count). The third-order valence-electron chi connectivity index (χ3n) is 4.35. The Bertz CT molecular complexity index is 1040. The largest absolute Gasteiger partial charge is 0.316 e. The first-order valence-corrected chi connectivity index (χ1v) is 9.73. The molecule has 2 aromatic carbocycles. The van der Waals surface area contributed by atoms with E-state index in [1.807, 2.05) is 38.1 Å². The second-order valence-corrected chi connectivity index (χ2v) is 7.23. The van der Waals surface area contributed by atoms with Gasteiger partial charge in [0.1, 0.15) is 11.6 Å². The number of hydrogen-bond acceptors (Lipinski definition) is 5. The van der Waals surface area contributed by atoms with Crippen LogP contribution in [0.3, 0.4) is 0 Å². The molecule has 0 bridgehead atoms. The van der Waals surface area contributed by atoms with Gasteiger partial charge in [-0.2, -0.15) is 0 Å². The molecule has 0 spiro atoms. The fourth-order valence-corrected chi connectivity index (χ4v) is 3.74. The van der Waals surface area contributed by atoms with Gasteiger partial charge in [0.25, 0.3) is 0 Å². The second kappa shape index (κ2) is 7.68. The molecule has 2 heterocycles. The highest BCUT2D eigenvalue weighted by molar-refractivity contribution is 7.14. The Morgan fingerprint density at radius 3 is 2.30 bits per heavy atom. The summed E-state index contributed by atoms with van der Waals surface area (Å²) in [7, 11) is 0. The Morgan fingerprint density at radius 1 is 0.852 bits per heavy atom. The highest BCUT2D eigenvalue weighted by atomic mass is 32.1. The monoisotopic (exact) mass is 372 g/mol. The van der Waals surface area contributed by atoms with Gasteiger partial charge in [-0.05, 0) is 19.4 Å². The zero-order valence-electron chi connectivity index (χ0n) is 15.3. The average Bonchev–Trinajstić information content (AvgIpc) is 3.15. The Morgan fingerprint density at radius 2 is 1.56 bits per heavy atom. The molecular weight excluding hydrogens is 352 g/mol. The molecule has 0 aliphatic heterocycles. The lowest BCUT2D eigenvalue weighted by molar-refractivity contribution is 0.965. The van der Waals surface area contributed by atoms with E-state index in [0.29, 0.717) is 0 Å². The van der Waals surface area contributed by atoms with Crippen LogP contribution in [0.15, 0.2) is 66.0 Å². The van der Waals surface area contributed by atoms with Crippen LogP contribution in [0.1, 0.15) is 22.6 Å². The Balaban J connectivity index is 1.65. The molecule has 0 aliphatic carbocycles. The van der Waals surface area contributed by atoms with Crippen molar-refractivity contribution >= 4 is 22.3 Å². The standard InChI is InChI=1S/C22H20N4S/c1-15-19(13-17-9-5-3-6-10-17)21(24-16(2)23-15)26-22-25-20(14-27-22)18-11-7-4-8-12-18/h3-12,14H,13H2,1-2H3,(H,23,24,25,26). The molecule has 27 heavy (non-hydrogen) atoms. The maximum Gasteiger partial charge on any atom is 0.188 e. The SMILES string of the molecule is Cc1nc(C)c(Cc2ccccc2)c(Nc2nc(-c3ccccc3)cs2)n1. The van der Waals surface area contributed by atoms with Crippen molar-refractivity contribution in [3.63, 3.8) is 0 Å². The molecule has 0 aliphatic rings. The summed E-state index contributed by atoms with van der Waals surface area (Å²) in [5.74, 6) is 1.59. The molecule has 0 saturated carbocycles. The molecule has 0 radical (unpaired) electrons. The molecule has 0 fully saturated rings. The van der Waals surface area contributed by atoms with E-state index in [1.165, 1.54) is 5.56 Å². The van der Waals surface area contributed by atoms with Gasteiger partial charge in [0.15, 0.2) is 5.13 Å². The van der Waals surface area contributed by atoms with Crippen molar-refractivity contribution in [1.82, 2.24) is 15.0 Å². The maximum absolute atomic E-state index is 4.73. The van der Waals surface area contributed by atoms with Crippen LogP contribution in [0.5, 0.6) is 0 Å². The van der Waals surface area contributed by atoms with Crippen LogP contribution >= 0.6 is 11.3 Å². The van der Waals surface area contributed by atoms with Crippen molar-refractivity contribution < 1.29 is 0 Å². The maximum atomic E-state index is 4.73. The molecule has 0 unspecified atom stereocenters. The van der Waals surface area contributed by atoms with Crippen molar-refractivity contribution in [2.24, 2.45) is 0 Å². The molecule has 0 amide bonds. The van der Waals surface area contributed by atoms with Crippen molar-refractivity contribution in [2.45, 2.75) is 20.3 Å². The normalized spacial score (nSPS) is 10.7. The van der Waals surface area contributed by atoms with Gasteiger partial charge in [-0.1, -0.05) is 60.7 Å². The van der Waals surface area contributed by atoms with Gasteiger partial charge in [-0.25, -0.2) is 15.0 Å². The van der Waals surface area contributed by atoms with E-state index in [2.05, 4.69) is 57.1 Å². The number of aryl methyl sites for hydroxylation is 2. The van der Waals surface area contributed by atoms with Crippen molar-refractivity contribution in [2.75, 3.05) is 5.32 Å². The summed E-state index contributed by atoms with van der Waals surface area (Å²) in [6.07, 6.45) is 0.784. The van der Waals surface area contributed by atoms with E-state index in [-0.39, 0.29) is 0 Å².